The second-order valence-electron chi connectivity index (χ2n) is 8.06. The fraction of sp³-hybridized carbons (Fsp3) is 0.167. The molecule has 4 rings (SSSR count). The lowest BCUT2D eigenvalue weighted by molar-refractivity contribution is -0.333. The van der Waals surface area contributed by atoms with Crippen LogP contribution in [0.3, 0.4) is 0 Å². The summed E-state index contributed by atoms with van der Waals surface area (Å²) in [5.41, 5.74) is 8.32. The van der Waals surface area contributed by atoms with E-state index in [1.165, 1.54) is 0 Å². The van der Waals surface area contributed by atoms with Crippen LogP contribution in [0.25, 0.3) is 11.0 Å². The topological polar surface area (TPSA) is 152 Å². The van der Waals surface area contributed by atoms with Gasteiger partial charge in [0.15, 0.2) is 5.75 Å². The Morgan fingerprint density at radius 1 is 1.11 bits per heavy atom. The second-order valence-corrected chi connectivity index (χ2v) is 8.06. The number of fused-ring (bicyclic) bond motifs is 1. The molecule has 2 heterocycles. The Hall–Kier alpha value is -4.64. The Labute approximate surface area is 201 Å². The number of aromatic nitrogens is 3. The highest BCUT2D eigenvalue weighted by atomic mass is 16.5. The highest BCUT2D eigenvalue weighted by Crippen LogP contribution is 2.31. The Bertz CT molecular complexity index is 1380. The average Bonchev–Trinajstić information content (AvgIpc) is 3.28. The predicted octanol–water partition coefficient (Wildman–Crippen LogP) is 2.47. The third-order valence-electron chi connectivity index (χ3n) is 5.11. The van der Waals surface area contributed by atoms with Gasteiger partial charge in [0, 0.05) is 18.0 Å². The van der Waals surface area contributed by atoms with E-state index in [1.807, 2.05) is 20.2 Å². The number of carbonyl (C=O) groups excluding carboxylic acids is 2. The van der Waals surface area contributed by atoms with Crippen LogP contribution < -0.4 is 31.4 Å². The van der Waals surface area contributed by atoms with Gasteiger partial charge in [0.25, 0.3) is 5.91 Å². The minimum Gasteiger partial charge on any atom is -0.493 e. The quantitative estimate of drug-likeness (QED) is 0.249. The maximum Gasteiger partial charge on any atom is 0.351 e. The number of para-hydroxylation sites is 1. The molecule has 0 aliphatic heterocycles. The number of carbonyl (C=O) groups is 2. The summed E-state index contributed by atoms with van der Waals surface area (Å²) in [5.74, 6) is 0.783. The molecule has 0 unspecified atom stereocenters. The third-order valence-corrected chi connectivity index (χ3v) is 5.11. The molecule has 0 saturated carbocycles. The Kier molecular flexibility index (Phi) is 6.78. The van der Waals surface area contributed by atoms with Crippen LogP contribution in [-0.2, 0) is 4.79 Å². The van der Waals surface area contributed by atoms with E-state index in [0.717, 1.165) is 5.39 Å². The highest BCUT2D eigenvalue weighted by Gasteiger charge is 2.18. The first-order valence-electron chi connectivity index (χ1n) is 10.8. The number of benzene rings is 2. The lowest BCUT2D eigenvalue weighted by Crippen LogP contribution is -2.27. The van der Waals surface area contributed by atoms with Crippen molar-refractivity contribution in [3.05, 3.63) is 60.3 Å². The van der Waals surface area contributed by atoms with Gasteiger partial charge in [-0.1, -0.05) is 17.1 Å². The van der Waals surface area contributed by atoms with E-state index in [4.69, 9.17) is 10.5 Å². The molecule has 2 amide bonds. The molecule has 35 heavy (non-hydrogen) atoms. The van der Waals surface area contributed by atoms with Gasteiger partial charge < -0.3 is 26.0 Å². The average molecular weight is 476 g/mol. The van der Waals surface area contributed by atoms with Crippen LogP contribution in [0.4, 0.5) is 28.8 Å². The van der Waals surface area contributed by atoms with Gasteiger partial charge in [0.2, 0.25) is 17.4 Å². The van der Waals surface area contributed by atoms with E-state index >= 15 is 0 Å². The van der Waals surface area contributed by atoms with Crippen molar-refractivity contribution in [3.8, 4) is 5.75 Å². The first-order chi connectivity index (χ1) is 16.8. The first-order valence-corrected chi connectivity index (χ1v) is 10.8. The minimum absolute atomic E-state index is 0.136. The Morgan fingerprint density at radius 2 is 1.91 bits per heavy atom. The zero-order valence-corrected chi connectivity index (χ0v) is 19.6. The number of H-pyrrole nitrogens is 2. The molecular weight excluding hydrogens is 448 g/mol. The van der Waals surface area contributed by atoms with Crippen LogP contribution in [0, 0.1) is 0 Å². The molecule has 0 saturated heterocycles. The van der Waals surface area contributed by atoms with Gasteiger partial charge in [-0.05, 0) is 44.4 Å². The second kappa shape index (κ2) is 10.1. The summed E-state index contributed by atoms with van der Waals surface area (Å²) in [4.78, 5) is 36.8. The molecule has 2 aromatic heterocycles. The van der Waals surface area contributed by atoms with Gasteiger partial charge in [-0.15, -0.1) is 0 Å². The van der Waals surface area contributed by atoms with Crippen LogP contribution in [-0.4, -0.2) is 54.4 Å². The number of hydrogen-bond donors (Lipinski definition) is 5. The molecule has 7 N–H and O–H groups in total. The van der Waals surface area contributed by atoms with Crippen LogP contribution in [0.15, 0.2) is 54.7 Å². The summed E-state index contributed by atoms with van der Waals surface area (Å²) >= 11 is 0. The number of primary amides is 1. The minimum atomic E-state index is -0.544. The van der Waals surface area contributed by atoms with Crippen molar-refractivity contribution >= 4 is 51.7 Å². The number of amides is 2. The van der Waals surface area contributed by atoms with E-state index in [-0.39, 0.29) is 12.5 Å². The monoisotopic (exact) mass is 475 g/mol. The number of nitrogens with two attached hydrogens (primary N) is 1. The summed E-state index contributed by atoms with van der Waals surface area (Å²) in [6.07, 6.45) is 1.78. The van der Waals surface area contributed by atoms with Gasteiger partial charge in [-0.3, -0.25) is 19.9 Å². The lowest BCUT2D eigenvalue weighted by atomic mass is 10.1. The van der Waals surface area contributed by atoms with Crippen molar-refractivity contribution in [2.75, 3.05) is 43.7 Å². The van der Waals surface area contributed by atoms with E-state index < -0.39 is 5.91 Å². The number of aromatic amines is 2. The molecule has 0 aliphatic rings. The zero-order valence-electron chi connectivity index (χ0n) is 19.6. The van der Waals surface area contributed by atoms with Crippen LogP contribution in [0.5, 0.6) is 5.75 Å². The highest BCUT2D eigenvalue weighted by molar-refractivity contribution is 6.00. The fourth-order valence-corrected chi connectivity index (χ4v) is 3.58. The van der Waals surface area contributed by atoms with E-state index in [0.29, 0.717) is 45.8 Å². The van der Waals surface area contributed by atoms with Gasteiger partial charge in [-0.2, -0.15) is 0 Å². The molecule has 11 nitrogen and oxygen atoms in total. The predicted molar refractivity (Wildman–Crippen MR) is 134 cm³/mol. The molecule has 0 bridgehead atoms. The van der Waals surface area contributed by atoms with Gasteiger partial charge in [0.05, 0.1) is 30.3 Å². The number of ether oxygens (including phenoxy) is 1. The summed E-state index contributed by atoms with van der Waals surface area (Å²) in [5, 5.41) is 10.1. The number of rotatable bonds is 9. The molecular formula is C24H27N8O3+. The first kappa shape index (κ1) is 23.5. The van der Waals surface area contributed by atoms with Crippen LogP contribution >= 0.6 is 0 Å². The van der Waals surface area contributed by atoms with Gasteiger partial charge in [-0.25, -0.2) is 4.98 Å². The normalized spacial score (nSPS) is 10.9. The number of hydrogen-bond acceptors (Lipinski definition) is 7. The molecule has 0 aliphatic carbocycles. The van der Waals surface area contributed by atoms with Crippen LogP contribution in [0.1, 0.15) is 10.4 Å². The zero-order chi connectivity index (χ0) is 24.9. The number of methoxy groups -OCH3 is 1. The van der Waals surface area contributed by atoms with Crippen molar-refractivity contribution < 1.29 is 19.3 Å². The molecule has 0 spiro atoms. The maximum absolute atomic E-state index is 12.2. The molecule has 0 radical (unpaired) electrons. The summed E-state index contributed by atoms with van der Waals surface area (Å²) < 4.78 is 5.48. The molecule has 0 fully saturated rings. The van der Waals surface area contributed by atoms with E-state index in [9.17, 15) is 9.59 Å². The third kappa shape index (κ3) is 5.47. The van der Waals surface area contributed by atoms with Crippen molar-refractivity contribution in [1.29, 1.82) is 0 Å². The fourth-order valence-electron chi connectivity index (χ4n) is 3.58. The molecule has 180 valence electrons. The van der Waals surface area contributed by atoms with E-state index in [1.54, 1.807) is 60.7 Å². The summed E-state index contributed by atoms with van der Waals surface area (Å²) in [6, 6.07) is 14.1. The standard InChI is InChI=1S/C24H26N8O3/c1-32(2)13-20(33)27-14-8-9-19(35-3)18(12-14)29-24-30-22-16(10-11-26-22)23(31-24)28-17-7-5-4-6-15(17)21(25)34/h4-12H,13H2,1-3H3,(H2,25,34)(H,27,33)(H3,26,28,29,30,31)/p+1. The Morgan fingerprint density at radius 3 is 2.66 bits per heavy atom. The maximum atomic E-state index is 12.2. The lowest BCUT2D eigenvalue weighted by Gasteiger charge is -2.13. The van der Waals surface area contributed by atoms with Gasteiger partial charge in [0.1, 0.15) is 5.69 Å². The molecule has 2 aromatic carbocycles. The van der Waals surface area contributed by atoms with Crippen molar-refractivity contribution in [2.45, 2.75) is 0 Å². The number of nitrogens with one attached hydrogen (secondary N) is 5. The van der Waals surface area contributed by atoms with Crippen LogP contribution in [0.2, 0.25) is 0 Å². The molecule has 0 atom stereocenters. The SMILES string of the molecule is COc1ccc(NC(=O)CN(C)C)cc1Nc1nc(Nc2ccccc2C(N)=O)c2cc[nH]c2[nH+]1. The smallest absolute Gasteiger partial charge is 0.351 e. The molecule has 11 heteroatoms. The Balaban J connectivity index is 1.67. The number of likely N-dealkylation sites (N-methyl/N-ethyl adjacent to an activating group) is 1. The number of anilines is 5. The van der Waals surface area contributed by atoms with Crippen molar-refractivity contribution in [1.82, 2.24) is 14.9 Å². The van der Waals surface area contributed by atoms with Crippen molar-refractivity contribution in [3.63, 3.8) is 0 Å². The summed E-state index contributed by atoms with van der Waals surface area (Å²) in [7, 11) is 5.21. The van der Waals surface area contributed by atoms with Crippen molar-refractivity contribution in [2.24, 2.45) is 5.73 Å². The number of nitrogens with zero attached hydrogens (tertiary/aromatic N) is 2. The van der Waals surface area contributed by atoms with E-state index in [2.05, 4.69) is 30.9 Å². The van der Waals surface area contributed by atoms with Gasteiger partial charge >= 0.3 is 5.95 Å². The molecule has 4 aromatic rings. The summed E-state index contributed by atoms with van der Waals surface area (Å²) in [6.45, 7) is 0.259. The largest absolute Gasteiger partial charge is 0.493 e.